The van der Waals surface area contributed by atoms with E-state index in [1.807, 2.05) is 12.1 Å². The van der Waals surface area contributed by atoms with Crippen LogP contribution in [0.5, 0.6) is 5.75 Å². The van der Waals surface area contributed by atoms with Gasteiger partial charge in [0.05, 0.1) is 5.02 Å². The lowest BCUT2D eigenvalue weighted by atomic mass is 9.76. The average molecular weight is 296 g/mol. The van der Waals surface area contributed by atoms with Crippen LogP contribution < -0.4 is 5.32 Å². The number of phenols is 1. The van der Waals surface area contributed by atoms with Crippen molar-refractivity contribution in [1.82, 2.24) is 0 Å². The molecule has 3 heteroatoms. The van der Waals surface area contributed by atoms with E-state index in [1.54, 1.807) is 6.07 Å². The average Bonchev–Trinajstić information content (AvgIpc) is 2.59. The first-order valence-electron chi connectivity index (χ1n) is 7.61. The van der Waals surface area contributed by atoms with Gasteiger partial charge in [0.25, 0.3) is 0 Å². The minimum atomic E-state index is 0.144. The van der Waals surface area contributed by atoms with Gasteiger partial charge in [0, 0.05) is 11.7 Å². The van der Waals surface area contributed by atoms with Gasteiger partial charge in [-0.2, -0.15) is 0 Å². The zero-order valence-corrected chi connectivity index (χ0v) is 13.5. The van der Waals surface area contributed by atoms with E-state index < -0.39 is 0 Å². The zero-order chi connectivity index (χ0) is 14.8. The summed E-state index contributed by atoms with van der Waals surface area (Å²) < 4.78 is 0. The zero-order valence-electron chi connectivity index (χ0n) is 12.7. The topological polar surface area (TPSA) is 32.3 Å². The summed E-state index contributed by atoms with van der Waals surface area (Å²) in [6, 6.07) is 5.87. The molecule has 112 valence electrons. The van der Waals surface area contributed by atoms with Crippen molar-refractivity contribution in [3.63, 3.8) is 0 Å². The van der Waals surface area contributed by atoms with Crippen LogP contribution in [0, 0.1) is 11.3 Å². The van der Waals surface area contributed by atoms with Crippen LogP contribution in [0.1, 0.15) is 52.9 Å². The van der Waals surface area contributed by atoms with Crippen molar-refractivity contribution in [3.05, 3.63) is 23.2 Å². The second kappa shape index (κ2) is 6.26. The smallest absolute Gasteiger partial charge is 0.134 e. The molecule has 20 heavy (non-hydrogen) atoms. The van der Waals surface area contributed by atoms with Crippen LogP contribution in [0.25, 0.3) is 0 Å². The van der Waals surface area contributed by atoms with E-state index in [2.05, 4.69) is 26.1 Å². The van der Waals surface area contributed by atoms with E-state index in [9.17, 15) is 5.11 Å². The van der Waals surface area contributed by atoms with E-state index in [0.717, 1.165) is 11.6 Å². The number of anilines is 1. The van der Waals surface area contributed by atoms with Gasteiger partial charge in [-0.05, 0) is 55.2 Å². The largest absolute Gasteiger partial charge is 0.506 e. The highest BCUT2D eigenvalue weighted by molar-refractivity contribution is 6.32. The number of hydrogen-bond donors (Lipinski definition) is 2. The fourth-order valence-corrected chi connectivity index (χ4v) is 3.32. The molecule has 2 atom stereocenters. The number of aromatic hydroxyl groups is 1. The van der Waals surface area contributed by atoms with Crippen molar-refractivity contribution in [2.45, 2.75) is 58.9 Å². The molecule has 0 radical (unpaired) electrons. The SMILES string of the molecule is CC(C)(C)C1CCCC(Nc2ccc(O)c(Cl)c2)CC1. The third-order valence-corrected chi connectivity index (χ3v) is 4.81. The Morgan fingerprint density at radius 1 is 1.15 bits per heavy atom. The van der Waals surface area contributed by atoms with Gasteiger partial charge in [0.15, 0.2) is 0 Å². The second-order valence-electron chi connectivity index (χ2n) is 7.08. The predicted octanol–water partition coefficient (Wildman–Crippen LogP) is 5.45. The molecule has 0 bridgehead atoms. The highest BCUT2D eigenvalue weighted by Crippen LogP contribution is 2.37. The molecule has 0 spiro atoms. The minimum absolute atomic E-state index is 0.144. The maximum Gasteiger partial charge on any atom is 0.134 e. The van der Waals surface area contributed by atoms with Crippen LogP contribution in [-0.4, -0.2) is 11.1 Å². The molecule has 2 N–H and O–H groups in total. The van der Waals surface area contributed by atoms with Crippen LogP contribution in [0.3, 0.4) is 0 Å². The van der Waals surface area contributed by atoms with Crippen LogP contribution in [0.15, 0.2) is 18.2 Å². The predicted molar refractivity (Wildman–Crippen MR) is 86.6 cm³/mol. The highest BCUT2D eigenvalue weighted by Gasteiger charge is 2.27. The molecule has 0 saturated heterocycles. The Balaban J connectivity index is 1.95. The molecule has 1 aromatic carbocycles. The fourth-order valence-electron chi connectivity index (χ4n) is 3.14. The molecule has 0 aliphatic heterocycles. The quantitative estimate of drug-likeness (QED) is 0.561. The molecule has 1 aromatic rings. The van der Waals surface area contributed by atoms with Crippen molar-refractivity contribution in [3.8, 4) is 5.75 Å². The number of rotatable bonds is 2. The number of benzene rings is 1. The summed E-state index contributed by atoms with van der Waals surface area (Å²) >= 11 is 5.96. The van der Waals surface area contributed by atoms with Crippen LogP contribution in [0.4, 0.5) is 5.69 Å². The molecule has 0 amide bonds. The van der Waals surface area contributed by atoms with E-state index >= 15 is 0 Å². The third-order valence-electron chi connectivity index (χ3n) is 4.51. The van der Waals surface area contributed by atoms with Gasteiger partial charge < -0.3 is 10.4 Å². The normalized spacial score (nSPS) is 24.2. The summed E-state index contributed by atoms with van der Waals surface area (Å²) in [5.74, 6) is 0.962. The molecule has 2 rings (SSSR count). The lowest BCUT2D eigenvalue weighted by Gasteiger charge is -2.29. The number of hydrogen-bond acceptors (Lipinski definition) is 2. The Morgan fingerprint density at radius 2 is 1.90 bits per heavy atom. The lowest BCUT2D eigenvalue weighted by Crippen LogP contribution is -2.21. The first-order chi connectivity index (χ1) is 9.36. The van der Waals surface area contributed by atoms with Gasteiger partial charge in [-0.15, -0.1) is 0 Å². The summed E-state index contributed by atoms with van der Waals surface area (Å²) in [7, 11) is 0. The maximum absolute atomic E-state index is 9.46. The molecule has 0 aromatic heterocycles. The minimum Gasteiger partial charge on any atom is -0.506 e. The molecule has 2 unspecified atom stereocenters. The standard InChI is InChI=1S/C17H26ClNO/c1-17(2,3)12-5-4-6-13(8-7-12)19-14-9-10-16(20)15(18)11-14/h9-13,19-20H,4-8H2,1-3H3. The van der Waals surface area contributed by atoms with Crippen molar-refractivity contribution >= 4 is 17.3 Å². The second-order valence-corrected chi connectivity index (χ2v) is 7.49. The van der Waals surface area contributed by atoms with Gasteiger partial charge in [0.1, 0.15) is 5.75 Å². The van der Waals surface area contributed by atoms with Gasteiger partial charge in [-0.25, -0.2) is 0 Å². The van der Waals surface area contributed by atoms with Crippen molar-refractivity contribution in [1.29, 1.82) is 0 Å². The summed E-state index contributed by atoms with van der Waals surface area (Å²) in [6.07, 6.45) is 6.32. The Kier molecular flexibility index (Phi) is 4.85. The molecule has 1 fully saturated rings. The van der Waals surface area contributed by atoms with E-state index in [4.69, 9.17) is 11.6 Å². The molecule has 1 saturated carbocycles. The summed E-state index contributed by atoms with van der Waals surface area (Å²) in [5, 5.41) is 13.4. The van der Waals surface area contributed by atoms with Crippen LogP contribution in [0.2, 0.25) is 5.02 Å². The molecule has 1 aliphatic carbocycles. The Bertz CT molecular complexity index is 453. The molecule has 2 nitrogen and oxygen atoms in total. The Morgan fingerprint density at radius 3 is 2.55 bits per heavy atom. The summed E-state index contributed by atoms with van der Waals surface area (Å²) in [6.45, 7) is 7.06. The molecule has 0 heterocycles. The summed E-state index contributed by atoms with van der Waals surface area (Å²) in [4.78, 5) is 0. The molecular weight excluding hydrogens is 270 g/mol. The van der Waals surface area contributed by atoms with E-state index in [1.165, 1.54) is 32.1 Å². The van der Waals surface area contributed by atoms with Crippen LogP contribution in [-0.2, 0) is 0 Å². The van der Waals surface area contributed by atoms with Crippen molar-refractivity contribution in [2.75, 3.05) is 5.32 Å². The Hall–Kier alpha value is -0.890. The number of phenolic OH excluding ortho intramolecular Hbond substituents is 1. The van der Waals surface area contributed by atoms with E-state index in [-0.39, 0.29) is 5.75 Å². The molecule has 1 aliphatic rings. The van der Waals surface area contributed by atoms with Crippen molar-refractivity contribution in [2.24, 2.45) is 11.3 Å². The lowest BCUT2D eigenvalue weighted by molar-refractivity contribution is 0.214. The number of nitrogens with one attached hydrogen (secondary N) is 1. The van der Waals surface area contributed by atoms with Crippen molar-refractivity contribution < 1.29 is 5.11 Å². The highest BCUT2D eigenvalue weighted by atomic mass is 35.5. The summed E-state index contributed by atoms with van der Waals surface area (Å²) in [5.41, 5.74) is 1.42. The maximum atomic E-state index is 9.46. The van der Waals surface area contributed by atoms with Crippen LogP contribution >= 0.6 is 11.6 Å². The Labute approximate surface area is 127 Å². The van der Waals surface area contributed by atoms with Gasteiger partial charge >= 0.3 is 0 Å². The van der Waals surface area contributed by atoms with Gasteiger partial charge in [0.2, 0.25) is 0 Å². The van der Waals surface area contributed by atoms with E-state index in [0.29, 0.717) is 16.5 Å². The third kappa shape index (κ3) is 4.05. The fraction of sp³-hybridized carbons (Fsp3) is 0.647. The monoisotopic (exact) mass is 295 g/mol. The van der Waals surface area contributed by atoms with Gasteiger partial charge in [-0.3, -0.25) is 0 Å². The first kappa shape index (κ1) is 15.5. The number of halogens is 1. The van der Waals surface area contributed by atoms with Gasteiger partial charge in [-0.1, -0.05) is 38.8 Å². The molecular formula is C17H26ClNO. The first-order valence-corrected chi connectivity index (χ1v) is 7.99.